The number of aromatic nitrogens is 2. The summed E-state index contributed by atoms with van der Waals surface area (Å²) in [6.07, 6.45) is 2.62. The average Bonchev–Trinajstić information content (AvgIpc) is 2.58. The quantitative estimate of drug-likeness (QED) is 0.668. The Morgan fingerprint density at radius 2 is 1.96 bits per heavy atom. The molecule has 2 heterocycles. The predicted molar refractivity (Wildman–Crippen MR) is 100 cm³/mol. The summed E-state index contributed by atoms with van der Waals surface area (Å²) >= 11 is 0. The lowest BCUT2D eigenvalue weighted by molar-refractivity contribution is 0.0469. The van der Waals surface area contributed by atoms with E-state index in [4.69, 9.17) is 4.74 Å². The van der Waals surface area contributed by atoms with Gasteiger partial charge in [0.05, 0.1) is 23.2 Å². The second kappa shape index (κ2) is 7.20. The standard InChI is InChI=1S/C18H17N3O5S/c1-12-7-8-21-16(9-12)19-13(10-17(21)22)11-26-18(23)14-5-3-4-6-15(14)20-27(2,24)25/h3-10,20H,11H2,1-2H3. The van der Waals surface area contributed by atoms with E-state index < -0.39 is 16.0 Å². The van der Waals surface area contributed by atoms with Crippen LogP contribution in [0, 0.1) is 6.92 Å². The van der Waals surface area contributed by atoms with Crippen LogP contribution in [0.1, 0.15) is 21.6 Å². The van der Waals surface area contributed by atoms with Crippen LogP contribution in [-0.2, 0) is 21.4 Å². The highest BCUT2D eigenvalue weighted by Crippen LogP contribution is 2.18. The van der Waals surface area contributed by atoms with E-state index in [1.807, 2.05) is 6.92 Å². The number of hydrogen-bond acceptors (Lipinski definition) is 6. The van der Waals surface area contributed by atoms with Crippen molar-refractivity contribution in [3.8, 4) is 0 Å². The molecule has 0 fully saturated rings. The van der Waals surface area contributed by atoms with E-state index in [0.717, 1.165) is 11.8 Å². The summed E-state index contributed by atoms with van der Waals surface area (Å²) in [6.45, 7) is 1.66. The number of carbonyl (C=O) groups is 1. The normalized spacial score (nSPS) is 11.3. The molecule has 0 unspecified atom stereocenters. The molecule has 3 aromatic rings. The first-order chi connectivity index (χ1) is 12.7. The number of nitrogens with one attached hydrogen (secondary N) is 1. The zero-order chi connectivity index (χ0) is 19.6. The Bertz CT molecular complexity index is 1190. The van der Waals surface area contributed by atoms with Crippen LogP contribution in [-0.4, -0.2) is 30.0 Å². The van der Waals surface area contributed by atoms with Crippen LogP contribution in [0.5, 0.6) is 0 Å². The van der Waals surface area contributed by atoms with Gasteiger partial charge >= 0.3 is 5.97 Å². The number of esters is 1. The molecular formula is C18H17N3O5S. The molecule has 0 amide bonds. The molecule has 1 N–H and O–H groups in total. The molecule has 9 heteroatoms. The molecule has 0 aliphatic carbocycles. The third kappa shape index (κ3) is 4.50. The number of carbonyl (C=O) groups excluding carboxylic acids is 1. The van der Waals surface area contributed by atoms with E-state index in [2.05, 4.69) is 9.71 Å². The molecule has 3 rings (SSSR count). The van der Waals surface area contributed by atoms with Crippen molar-refractivity contribution in [2.24, 2.45) is 0 Å². The van der Waals surface area contributed by atoms with Gasteiger partial charge in [-0.15, -0.1) is 0 Å². The van der Waals surface area contributed by atoms with Crippen molar-refractivity contribution in [1.82, 2.24) is 9.38 Å². The number of fused-ring (bicyclic) bond motifs is 1. The van der Waals surface area contributed by atoms with Crippen molar-refractivity contribution in [3.63, 3.8) is 0 Å². The maximum atomic E-state index is 12.4. The number of rotatable bonds is 5. The molecule has 140 valence electrons. The number of anilines is 1. The Morgan fingerprint density at radius 3 is 2.70 bits per heavy atom. The molecule has 0 atom stereocenters. The molecule has 1 aromatic carbocycles. The molecule has 0 radical (unpaired) electrons. The van der Waals surface area contributed by atoms with Gasteiger partial charge in [0.2, 0.25) is 10.0 Å². The highest BCUT2D eigenvalue weighted by atomic mass is 32.2. The van der Waals surface area contributed by atoms with E-state index in [-0.39, 0.29) is 23.4 Å². The second-order valence-electron chi connectivity index (χ2n) is 6.01. The number of hydrogen-bond donors (Lipinski definition) is 1. The van der Waals surface area contributed by atoms with Gasteiger partial charge in [-0.05, 0) is 36.8 Å². The maximum absolute atomic E-state index is 12.4. The first-order valence-electron chi connectivity index (χ1n) is 7.96. The summed E-state index contributed by atoms with van der Waals surface area (Å²) in [5.74, 6) is -0.729. The van der Waals surface area contributed by atoms with E-state index in [9.17, 15) is 18.0 Å². The molecule has 0 spiro atoms. The van der Waals surface area contributed by atoms with Crippen molar-refractivity contribution in [2.45, 2.75) is 13.5 Å². The molecular weight excluding hydrogens is 370 g/mol. The number of sulfonamides is 1. The van der Waals surface area contributed by atoms with Crippen molar-refractivity contribution < 1.29 is 17.9 Å². The largest absolute Gasteiger partial charge is 0.456 e. The van der Waals surface area contributed by atoms with Crippen LogP contribution in [0.4, 0.5) is 5.69 Å². The van der Waals surface area contributed by atoms with Gasteiger partial charge in [0.25, 0.3) is 5.56 Å². The van der Waals surface area contributed by atoms with E-state index in [1.165, 1.54) is 22.6 Å². The fourth-order valence-corrected chi connectivity index (χ4v) is 3.07. The Labute approximate surface area is 155 Å². The highest BCUT2D eigenvalue weighted by molar-refractivity contribution is 7.92. The molecule has 2 aromatic heterocycles. The number of pyridine rings is 1. The summed E-state index contributed by atoms with van der Waals surface area (Å²) in [4.78, 5) is 28.8. The number of ether oxygens (including phenoxy) is 1. The van der Waals surface area contributed by atoms with Crippen molar-refractivity contribution in [1.29, 1.82) is 0 Å². The lowest BCUT2D eigenvalue weighted by atomic mass is 10.2. The van der Waals surface area contributed by atoms with Gasteiger partial charge < -0.3 is 4.74 Å². The Kier molecular flexibility index (Phi) is 4.95. The molecule has 0 saturated carbocycles. The van der Waals surface area contributed by atoms with Crippen LogP contribution in [0.2, 0.25) is 0 Å². The SMILES string of the molecule is Cc1ccn2c(=O)cc(COC(=O)c3ccccc3NS(C)(=O)=O)nc2c1. The zero-order valence-electron chi connectivity index (χ0n) is 14.7. The smallest absolute Gasteiger partial charge is 0.340 e. The maximum Gasteiger partial charge on any atom is 0.340 e. The van der Waals surface area contributed by atoms with Crippen LogP contribution < -0.4 is 10.3 Å². The van der Waals surface area contributed by atoms with Gasteiger partial charge in [0.15, 0.2) is 0 Å². The fraction of sp³-hybridized carbons (Fsp3) is 0.167. The number of benzene rings is 1. The van der Waals surface area contributed by atoms with Gasteiger partial charge in [-0.25, -0.2) is 18.2 Å². The summed E-state index contributed by atoms with van der Waals surface area (Å²) in [5, 5.41) is 0. The number of para-hydroxylation sites is 1. The molecule has 0 aliphatic heterocycles. The minimum absolute atomic E-state index is 0.0660. The van der Waals surface area contributed by atoms with E-state index in [0.29, 0.717) is 11.3 Å². The minimum Gasteiger partial charge on any atom is -0.456 e. The van der Waals surface area contributed by atoms with Gasteiger partial charge in [0.1, 0.15) is 12.3 Å². The van der Waals surface area contributed by atoms with Gasteiger partial charge in [0, 0.05) is 12.3 Å². The third-order valence-corrected chi connectivity index (χ3v) is 4.26. The van der Waals surface area contributed by atoms with Gasteiger partial charge in [-0.1, -0.05) is 12.1 Å². The summed E-state index contributed by atoms with van der Waals surface area (Å²) in [5.41, 5.74) is 1.59. The second-order valence-corrected chi connectivity index (χ2v) is 7.76. The number of aryl methyl sites for hydroxylation is 1. The zero-order valence-corrected chi connectivity index (χ0v) is 15.5. The Morgan fingerprint density at radius 1 is 1.22 bits per heavy atom. The topological polar surface area (TPSA) is 107 Å². The van der Waals surface area contributed by atoms with Crippen molar-refractivity contribution in [3.05, 3.63) is 75.8 Å². The van der Waals surface area contributed by atoms with Crippen LogP contribution in [0.25, 0.3) is 5.65 Å². The van der Waals surface area contributed by atoms with E-state index >= 15 is 0 Å². The molecule has 27 heavy (non-hydrogen) atoms. The monoisotopic (exact) mass is 387 g/mol. The lowest BCUT2D eigenvalue weighted by Crippen LogP contribution is -2.17. The third-order valence-electron chi connectivity index (χ3n) is 3.67. The minimum atomic E-state index is -3.55. The summed E-state index contributed by atoms with van der Waals surface area (Å²) in [7, 11) is -3.55. The number of nitrogens with zero attached hydrogens (tertiary/aromatic N) is 2. The lowest BCUT2D eigenvalue weighted by Gasteiger charge is -2.10. The van der Waals surface area contributed by atoms with Crippen LogP contribution in [0.3, 0.4) is 0 Å². The molecule has 0 saturated heterocycles. The van der Waals surface area contributed by atoms with E-state index in [1.54, 1.807) is 30.5 Å². The summed E-state index contributed by atoms with van der Waals surface area (Å²) in [6, 6.07) is 10.9. The first kappa shape index (κ1) is 18.6. The molecule has 0 bridgehead atoms. The Balaban J connectivity index is 1.82. The molecule has 8 nitrogen and oxygen atoms in total. The molecule has 0 aliphatic rings. The van der Waals surface area contributed by atoms with Crippen LogP contribution >= 0.6 is 0 Å². The van der Waals surface area contributed by atoms with Gasteiger partial charge in [-0.3, -0.25) is 13.9 Å². The van der Waals surface area contributed by atoms with Crippen LogP contribution in [0.15, 0.2) is 53.5 Å². The Hall–Kier alpha value is -3.20. The highest BCUT2D eigenvalue weighted by Gasteiger charge is 2.15. The van der Waals surface area contributed by atoms with Crippen molar-refractivity contribution >= 4 is 27.3 Å². The van der Waals surface area contributed by atoms with Crippen molar-refractivity contribution in [2.75, 3.05) is 11.0 Å². The fourth-order valence-electron chi connectivity index (χ4n) is 2.49. The first-order valence-corrected chi connectivity index (χ1v) is 9.85. The summed E-state index contributed by atoms with van der Waals surface area (Å²) < 4.78 is 31.8. The predicted octanol–water partition coefficient (Wildman–Crippen LogP) is 1.73. The average molecular weight is 387 g/mol. The van der Waals surface area contributed by atoms with Gasteiger partial charge in [-0.2, -0.15) is 0 Å².